The van der Waals surface area contributed by atoms with E-state index in [0.717, 1.165) is 0 Å². The monoisotopic (exact) mass is 348 g/mol. The first kappa shape index (κ1) is 17.1. The van der Waals surface area contributed by atoms with Gasteiger partial charge in [-0.3, -0.25) is 9.59 Å². The van der Waals surface area contributed by atoms with Gasteiger partial charge in [0.2, 0.25) is 11.8 Å². The summed E-state index contributed by atoms with van der Waals surface area (Å²) >= 11 is 12.1. The Morgan fingerprint density at radius 2 is 1.43 bits per heavy atom. The Morgan fingerprint density at radius 1 is 0.913 bits per heavy atom. The lowest BCUT2D eigenvalue weighted by Crippen LogP contribution is -2.08. The summed E-state index contributed by atoms with van der Waals surface area (Å²) in [6, 6.07) is 11.9. The highest BCUT2D eigenvalue weighted by molar-refractivity contribution is 6.37. The van der Waals surface area contributed by atoms with Crippen molar-refractivity contribution >= 4 is 52.5 Å². The van der Waals surface area contributed by atoms with Crippen LogP contribution in [0.5, 0.6) is 0 Å². The third kappa shape index (κ3) is 5.13. The Balaban J connectivity index is 2.02. The van der Waals surface area contributed by atoms with Crippen molar-refractivity contribution in [2.24, 2.45) is 0 Å². The Hall–Kier alpha value is -2.30. The maximum atomic E-state index is 11.9. The zero-order chi connectivity index (χ0) is 16.8. The quantitative estimate of drug-likeness (QED) is 0.793. The predicted octanol–water partition coefficient (Wildman–Crippen LogP) is 4.60. The van der Waals surface area contributed by atoms with Crippen molar-refractivity contribution < 1.29 is 9.59 Å². The number of hydrogen-bond acceptors (Lipinski definition) is 2. The molecule has 0 atom stereocenters. The first-order chi connectivity index (χ1) is 11.0. The Morgan fingerprint density at radius 3 is 1.96 bits per heavy atom. The molecule has 2 aromatic carbocycles. The fourth-order valence-electron chi connectivity index (χ4n) is 1.85. The van der Waals surface area contributed by atoms with Gasteiger partial charge in [-0.1, -0.05) is 29.3 Å². The van der Waals surface area contributed by atoms with Crippen LogP contribution in [0.3, 0.4) is 0 Å². The van der Waals surface area contributed by atoms with Gasteiger partial charge in [-0.15, -0.1) is 0 Å². The summed E-state index contributed by atoms with van der Waals surface area (Å²) in [5, 5.41) is 6.30. The van der Waals surface area contributed by atoms with Crippen LogP contribution in [0.1, 0.15) is 12.5 Å². The average molecular weight is 349 g/mol. The van der Waals surface area contributed by atoms with E-state index in [-0.39, 0.29) is 11.8 Å². The zero-order valence-corrected chi connectivity index (χ0v) is 13.8. The molecule has 0 aromatic heterocycles. The van der Waals surface area contributed by atoms with Crippen LogP contribution >= 0.6 is 23.2 Å². The SMILES string of the molecule is CC(=O)Nc1ccc(NC(=O)C=Cc2c(Cl)cccc2Cl)cc1. The number of rotatable bonds is 4. The predicted molar refractivity (Wildman–Crippen MR) is 94.9 cm³/mol. The summed E-state index contributed by atoms with van der Waals surface area (Å²) < 4.78 is 0. The first-order valence-corrected chi connectivity index (χ1v) is 7.52. The molecule has 2 aromatic rings. The summed E-state index contributed by atoms with van der Waals surface area (Å²) in [7, 11) is 0. The number of halogens is 2. The minimum Gasteiger partial charge on any atom is -0.326 e. The Labute approximate surface area is 144 Å². The number of nitrogens with one attached hydrogen (secondary N) is 2. The van der Waals surface area contributed by atoms with Crippen LogP contribution in [0, 0.1) is 0 Å². The maximum Gasteiger partial charge on any atom is 0.248 e. The van der Waals surface area contributed by atoms with E-state index >= 15 is 0 Å². The molecule has 0 heterocycles. The van der Waals surface area contributed by atoms with Crippen LogP contribution in [0.2, 0.25) is 10.0 Å². The number of carbonyl (C=O) groups excluding carboxylic acids is 2. The Kier molecular flexibility index (Phi) is 5.79. The molecule has 0 aliphatic carbocycles. The molecule has 2 amide bonds. The largest absolute Gasteiger partial charge is 0.326 e. The lowest BCUT2D eigenvalue weighted by atomic mass is 10.2. The fraction of sp³-hybridized carbons (Fsp3) is 0.0588. The number of hydrogen-bond donors (Lipinski definition) is 2. The van der Waals surface area contributed by atoms with Crippen molar-refractivity contribution in [1.82, 2.24) is 0 Å². The van der Waals surface area contributed by atoms with Crippen LogP contribution < -0.4 is 10.6 Å². The molecule has 118 valence electrons. The summed E-state index contributed by atoms with van der Waals surface area (Å²) in [4.78, 5) is 22.9. The summed E-state index contributed by atoms with van der Waals surface area (Å²) in [6.45, 7) is 1.43. The van der Waals surface area contributed by atoms with Crippen LogP contribution in [0.4, 0.5) is 11.4 Å². The second-order valence-corrected chi connectivity index (χ2v) is 5.53. The molecule has 0 saturated carbocycles. The number of anilines is 2. The summed E-state index contributed by atoms with van der Waals surface area (Å²) in [5.74, 6) is -0.463. The van der Waals surface area contributed by atoms with Crippen molar-refractivity contribution in [1.29, 1.82) is 0 Å². The second kappa shape index (κ2) is 7.81. The molecule has 23 heavy (non-hydrogen) atoms. The molecule has 0 aliphatic heterocycles. The van der Waals surface area contributed by atoms with Crippen LogP contribution in [-0.4, -0.2) is 11.8 Å². The van der Waals surface area contributed by atoms with Gasteiger partial charge in [0, 0.05) is 40.0 Å². The molecule has 0 spiro atoms. The van der Waals surface area contributed by atoms with E-state index in [1.807, 2.05) is 0 Å². The molecular weight excluding hydrogens is 335 g/mol. The van der Waals surface area contributed by atoms with Crippen LogP contribution in [0.25, 0.3) is 6.08 Å². The van der Waals surface area contributed by atoms with Gasteiger partial charge in [0.25, 0.3) is 0 Å². The van der Waals surface area contributed by atoms with E-state index in [9.17, 15) is 9.59 Å². The molecule has 2 rings (SSSR count). The molecule has 0 fully saturated rings. The van der Waals surface area contributed by atoms with E-state index in [1.54, 1.807) is 48.5 Å². The van der Waals surface area contributed by atoms with Crippen LogP contribution in [-0.2, 0) is 9.59 Å². The van der Waals surface area contributed by atoms with Gasteiger partial charge < -0.3 is 10.6 Å². The standard InChI is InChI=1S/C17H14Cl2N2O2/c1-11(22)20-12-5-7-13(8-6-12)21-17(23)10-9-14-15(18)3-2-4-16(14)19/h2-10H,1H3,(H,20,22)(H,21,23). The maximum absolute atomic E-state index is 11.9. The molecule has 4 nitrogen and oxygen atoms in total. The lowest BCUT2D eigenvalue weighted by Gasteiger charge is -2.05. The van der Waals surface area contributed by atoms with E-state index in [1.165, 1.54) is 13.0 Å². The normalized spacial score (nSPS) is 10.6. The number of carbonyl (C=O) groups is 2. The van der Waals surface area contributed by atoms with Gasteiger partial charge in [-0.05, 0) is 42.5 Å². The zero-order valence-electron chi connectivity index (χ0n) is 12.3. The van der Waals surface area contributed by atoms with Gasteiger partial charge in [0.05, 0.1) is 0 Å². The van der Waals surface area contributed by atoms with Gasteiger partial charge in [0.1, 0.15) is 0 Å². The van der Waals surface area contributed by atoms with Gasteiger partial charge in [0.15, 0.2) is 0 Å². The molecule has 0 unspecified atom stereocenters. The smallest absolute Gasteiger partial charge is 0.248 e. The van der Waals surface area contributed by atoms with Crippen molar-refractivity contribution in [3.63, 3.8) is 0 Å². The van der Waals surface area contributed by atoms with E-state index in [4.69, 9.17) is 23.2 Å². The molecule has 0 radical (unpaired) electrons. The highest BCUT2D eigenvalue weighted by Crippen LogP contribution is 2.25. The molecular formula is C17H14Cl2N2O2. The average Bonchev–Trinajstić information content (AvgIpc) is 2.48. The van der Waals surface area contributed by atoms with Crippen molar-refractivity contribution in [3.05, 3.63) is 64.1 Å². The highest BCUT2D eigenvalue weighted by atomic mass is 35.5. The van der Waals surface area contributed by atoms with Crippen molar-refractivity contribution in [2.45, 2.75) is 6.92 Å². The number of benzene rings is 2. The number of amides is 2. The minimum atomic E-state index is -0.312. The molecule has 2 N–H and O–H groups in total. The third-order valence-corrected chi connectivity index (χ3v) is 3.53. The first-order valence-electron chi connectivity index (χ1n) is 6.76. The van der Waals surface area contributed by atoms with Gasteiger partial charge >= 0.3 is 0 Å². The molecule has 0 bridgehead atoms. The molecule has 0 aliphatic rings. The van der Waals surface area contributed by atoms with Crippen molar-refractivity contribution in [2.75, 3.05) is 10.6 Å². The second-order valence-electron chi connectivity index (χ2n) is 4.72. The van der Waals surface area contributed by atoms with E-state index in [0.29, 0.717) is 27.0 Å². The lowest BCUT2D eigenvalue weighted by molar-refractivity contribution is -0.114. The topological polar surface area (TPSA) is 58.2 Å². The Bertz CT molecular complexity index is 735. The fourth-order valence-corrected chi connectivity index (χ4v) is 2.38. The van der Waals surface area contributed by atoms with Gasteiger partial charge in [-0.25, -0.2) is 0 Å². The highest BCUT2D eigenvalue weighted by Gasteiger charge is 2.03. The molecule has 0 saturated heterocycles. The van der Waals surface area contributed by atoms with Gasteiger partial charge in [-0.2, -0.15) is 0 Å². The summed E-state index contributed by atoms with van der Waals surface area (Å²) in [5.41, 5.74) is 1.86. The summed E-state index contributed by atoms with van der Waals surface area (Å²) in [6.07, 6.45) is 2.92. The van der Waals surface area contributed by atoms with E-state index < -0.39 is 0 Å². The third-order valence-electron chi connectivity index (χ3n) is 2.87. The van der Waals surface area contributed by atoms with Crippen molar-refractivity contribution in [3.8, 4) is 0 Å². The molecule has 6 heteroatoms. The minimum absolute atomic E-state index is 0.152. The van der Waals surface area contributed by atoms with E-state index in [2.05, 4.69) is 10.6 Å². The van der Waals surface area contributed by atoms with Crippen LogP contribution in [0.15, 0.2) is 48.5 Å².